The number of ether oxygens (including phenoxy) is 1. The van der Waals surface area contributed by atoms with Crippen LogP contribution < -0.4 is 10.1 Å². The molecule has 0 radical (unpaired) electrons. The standard InChI is InChI=1S/C21H26N2O2.ClH/c1-17-8-10-18(11-9-17)16-25-20-7-5-6-19(14-20)22-21(24)15-23-12-3-2-4-13-23;/h5-11,14H,2-4,12-13,15-16H2,1H3,(H,22,24);1H. The maximum atomic E-state index is 12.2. The molecule has 1 aliphatic heterocycles. The van der Waals surface area contributed by atoms with Gasteiger partial charge in [0.15, 0.2) is 0 Å². The SMILES string of the molecule is Cc1ccc(COc2cccc(NC(=O)CN3CCCCC3)c2)cc1.Cl. The van der Waals surface area contributed by atoms with Gasteiger partial charge >= 0.3 is 0 Å². The maximum absolute atomic E-state index is 12.2. The Morgan fingerprint density at radius 1 is 1.08 bits per heavy atom. The van der Waals surface area contributed by atoms with Crippen LogP contribution in [0.25, 0.3) is 0 Å². The first-order valence-corrected chi connectivity index (χ1v) is 9.00. The van der Waals surface area contributed by atoms with Crippen LogP contribution >= 0.6 is 12.4 Å². The van der Waals surface area contributed by atoms with E-state index < -0.39 is 0 Å². The summed E-state index contributed by atoms with van der Waals surface area (Å²) >= 11 is 0. The number of carbonyl (C=O) groups is 1. The summed E-state index contributed by atoms with van der Waals surface area (Å²) in [5.74, 6) is 0.800. The van der Waals surface area contributed by atoms with Gasteiger partial charge in [-0.05, 0) is 50.6 Å². The van der Waals surface area contributed by atoms with E-state index in [1.807, 2.05) is 24.3 Å². The van der Waals surface area contributed by atoms with Gasteiger partial charge < -0.3 is 10.1 Å². The third-order valence-corrected chi connectivity index (χ3v) is 4.46. The molecule has 140 valence electrons. The lowest BCUT2D eigenvalue weighted by atomic mass is 10.1. The summed E-state index contributed by atoms with van der Waals surface area (Å²) < 4.78 is 5.84. The van der Waals surface area contributed by atoms with E-state index in [-0.39, 0.29) is 18.3 Å². The second-order valence-corrected chi connectivity index (χ2v) is 6.69. The molecule has 0 aliphatic carbocycles. The smallest absolute Gasteiger partial charge is 0.238 e. The van der Waals surface area contributed by atoms with Crippen LogP contribution in [-0.2, 0) is 11.4 Å². The molecule has 0 spiro atoms. The van der Waals surface area contributed by atoms with Crippen molar-refractivity contribution >= 4 is 24.0 Å². The minimum absolute atomic E-state index is 0. The van der Waals surface area contributed by atoms with E-state index >= 15 is 0 Å². The van der Waals surface area contributed by atoms with Gasteiger partial charge in [0.25, 0.3) is 0 Å². The van der Waals surface area contributed by atoms with Gasteiger partial charge in [0.2, 0.25) is 5.91 Å². The molecule has 0 unspecified atom stereocenters. The van der Waals surface area contributed by atoms with Crippen molar-refractivity contribution in [2.45, 2.75) is 32.8 Å². The Kier molecular flexibility index (Phi) is 7.95. The van der Waals surface area contributed by atoms with Gasteiger partial charge in [-0.3, -0.25) is 9.69 Å². The summed E-state index contributed by atoms with van der Waals surface area (Å²) in [6, 6.07) is 15.9. The molecular weight excluding hydrogens is 348 g/mol. The fourth-order valence-electron chi connectivity index (χ4n) is 3.04. The Hall–Kier alpha value is -2.04. The molecule has 2 aromatic carbocycles. The highest BCUT2D eigenvalue weighted by Gasteiger charge is 2.14. The Morgan fingerprint density at radius 3 is 2.54 bits per heavy atom. The van der Waals surface area contributed by atoms with Crippen molar-refractivity contribution < 1.29 is 9.53 Å². The van der Waals surface area contributed by atoms with E-state index in [0.29, 0.717) is 13.2 Å². The van der Waals surface area contributed by atoms with Crippen LogP contribution in [0, 0.1) is 6.92 Å². The third kappa shape index (κ3) is 6.36. The fourth-order valence-corrected chi connectivity index (χ4v) is 3.04. The zero-order chi connectivity index (χ0) is 17.5. The van der Waals surface area contributed by atoms with Crippen LogP contribution in [0.2, 0.25) is 0 Å². The van der Waals surface area contributed by atoms with Crippen LogP contribution in [0.3, 0.4) is 0 Å². The molecule has 1 aliphatic rings. The molecule has 0 aromatic heterocycles. The van der Waals surface area contributed by atoms with E-state index in [9.17, 15) is 4.79 Å². The number of amides is 1. The molecule has 26 heavy (non-hydrogen) atoms. The molecule has 0 atom stereocenters. The van der Waals surface area contributed by atoms with Crippen molar-refractivity contribution in [3.8, 4) is 5.75 Å². The molecule has 1 amide bonds. The van der Waals surface area contributed by atoms with Crippen molar-refractivity contribution in [3.63, 3.8) is 0 Å². The highest BCUT2D eigenvalue weighted by Crippen LogP contribution is 2.19. The number of likely N-dealkylation sites (tertiary alicyclic amines) is 1. The average Bonchev–Trinajstić information content (AvgIpc) is 2.62. The van der Waals surface area contributed by atoms with Crippen molar-refractivity contribution in [2.75, 3.05) is 25.0 Å². The van der Waals surface area contributed by atoms with Gasteiger partial charge in [-0.15, -0.1) is 12.4 Å². The Morgan fingerprint density at radius 2 is 1.81 bits per heavy atom. The molecular formula is C21H27ClN2O2. The van der Waals surface area contributed by atoms with Gasteiger partial charge in [-0.1, -0.05) is 42.3 Å². The highest BCUT2D eigenvalue weighted by molar-refractivity contribution is 5.92. The zero-order valence-electron chi connectivity index (χ0n) is 15.2. The molecule has 0 saturated carbocycles. The predicted octanol–water partition coefficient (Wildman–Crippen LogP) is 4.42. The molecule has 2 aromatic rings. The zero-order valence-corrected chi connectivity index (χ0v) is 16.1. The van der Waals surface area contributed by atoms with E-state index in [2.05, 4.69) is 41.4 Å². The van der Waals surface area contributed by atoms with Gasteiger partial charge in [-0.25, -0.2) is 0 Å². The van der Waals surface area contributed by atoms with Crippen LogP contribution in [0.4, 0.5) is 5.69 Å². The number of aryl methyl sites for hydroxylation is 1. The van der Waals surface area contributed by atoms with E-state index in [4.69, 9.17) is 4.74 Å². The molecule has 1 saturated heterocycles. The number of nitrogens with one attached hydrogen (secondary N) is 1. The van der Waals surface area contributed by atoms with Crippen LogP contribution in [0.1, 0.15) is 30.4 Å². The first-order valence-electron chi connectivity index (χ1n) is 9.00. The quantitative estimate of drug-likeness (QED) is 0.813. The lowest BCUT2D eigenvalue weighted by Crippen LogP contribution is -2.36. The molecule has 5 heteroatoms. The third-order valence-electron chi connectivity index (χ3n) is 4.46. The Bertz CT molecular complexity index is 697. The molecule has 1 N–H and O–H groups in total. The largest absolute Gasteiger partial charge is 0.489 e. The van der Waals surface area contributed by atoms with Gasteiger partial charge in [-0.2, -0.15) is 0 Å². The maximum Gasteiger partial charge on any atom is 0.238 e. The van der Waals surface area contributed by atoms with E-state index in [1.165, 1.54) is 24.8 Å². The van der Waals surface area contributed by atoms with Crippen molar-refractivity contribution in [2.24, 2.45) is 0 Å². The number of nitrogens with zero attached hydrogens (tertiary/aromatic N) is 1. The van der Waals surface area contributed by atoms with Gasteiger partial charge in [0, 0.05) is 11.8 Å². The number of carbonyl (C=O) groups excluding carboxylic acids is 1. The lowest BCUT2D eigenvalue weighted by molar-refractivity contribution is -0.117. The van der Waals surface area contributed by atoms with E-state index in [1.54, 1.807) is 0 Å². The normalized spacial score (nSPS) is 14.3. The lowest BCUT2D eigenvalue weighted by Gasteiger charge is -2.25. The number of hydrogen-bond acceptors (Lipinski definition) is 3. The van der Waals surface area contributed by atoms with Crippen LogP contribution in [-0.4, -0.2) is 30.4 Å². The number of benzene rings is 2. The average molecular weight is 375 g/mol. The number of hydrogen-bond donors (Lipinski definition) is 1. The molecule has 0 bridgehead atoms. The minimum Gasteiger partial charge on any atom is -0.489 e. The second kappa shape index (κ2) is 10.2. The summed E-state index contributed by atoms with van der Waals surface area (Å²) in [5.41, 5.74) is 3.15. The van der Waals surface area contributed by atoms with Crippen LogP contribution in [0.15, 0.2) is 48.5 Å². The Labute approximate surface area is 162 Å². The van der Waals surface area contributed by atoms with E-state index in [0.717, 1.165) is 30.1 Å². The van der Waals surface area contributed by atoms with Crippen LogP contribution in [0.5, 0.6) is 5.75 Å². The summed E-state index contributed by atoms with van der Waals surface area (Å²) in [7, 11) is 0. The number of piperidine rings is 1. The van der Waals surface area contributed by atoms with Gasteiger partial charge in [0.05, 0.1) is 6.54 Å². The highest BCUT2D eigenvalue weighted by atomic mass is 35.5. The molecule has 4 nitrogen and oxygen atoms in total. The number of anilines is 1. The predicted molar refractivity (Wildman–Crippen MR) is 108 cm³/mol. The summed E-state index contributed by atoms with van der Waals surface area (Å²) in [6.07, 6.45) is 3.66. The summed E-state index contributed by atoms with van der Waals surface area (Å²) in [6.45, 7) is 5.10. The molecule has 3 rings (SSSR count). The minimum atomic E-state index is 0. The topological polar surface area (TPSA) is 41.6 Å². The first-order chi connectivity index (χ1) is 12.2. The number of halogens is 1. The van der Waals surface area contributed by atoms with Crippen molar-refractivity contribution in [3.05, 3.63) is 59.7 Å². The Balaban J connectivity index is 0.00000243. The second-order valence-electron chi connectivity index (χ2n) is 6.69. The molecule has 1 fully saturated rings. The van der Waals surface area contributed by atoms with Gasteiger partial charge in [0.1, 0.15) is 12.4 Å². The summed E-state index contributed by atoms with van der Waals surface area (Å²) in [5, 5.41) is 2.97. The summed E-state index contributed by atoms with van der Waals surface area (Å²) in [4.78, 5) is 14.4. The monoisotopic (exact) mass is 374 g/mol. The number of rotatable bonds is 6. The first kappa shape index (κ1) is 20.3. The fraction of sp³-hybridized carbons (Fsp3) is 0.381. The van der Waals surface area contributed by atoms with Crippen molar-refractivity contribution in [1.29, 1.82) is 0 Å². The molecule has 1 heterocycles. The van der Waals surface area contributed by atoms with Crippen molar-refractivity contribution in [1.82, 2.24) is 4.90 Å².